The molecule has 0 atom stereocenters. The zero-order valence-corrected chi connectivity index (χ0v) is 11.9. The summed E-state index contributed by atoms with van der Waals surface area (Å²) in [6.07, 6.45) is 6.31. The van der Waals surface area contributed by atoms with Crippen molar-refractivity contribution in [1.29, 1.82) is 0 Å². The van der Waals surface area contributed by atoms with Gasteiger partial charge in [-0.15, -0.1) is 6.42 Å². The number of nitrogens with zero attached hydrogens (tertiary/aromatic N) is 1. The SMILES string of the molecule is C#Cc1cccc(NC(=O)CNC(=NC)NCCC)c1. The van der Waals surface area contributed by atoms with Gasteiger partial charge >= 0.3 is 0 Å². The molecule has 0 aromatic heterocycles. The Hall–Kier alpha value is -2.48. The highest BCUT2D eigenvalue weighted by Gasteiger charge is 2.04. The number of hydrogen-bond donors (Lipinski definition) is 3. The van der Waals surface area contributed by atoms with Crippen LogP contribution < -0.4 is 16.0 Å². The molecule has 1 aromatic rings. The summed E-state index contributed by atoms with van der Waals surface area (Å²) in [7, 11) is 1.67. The lowest BCUT2D eigenvalue weighted by Gasteiger charge is -2.11. The highest BCUT2D eigenvalue weighted by molar-refractivity contribution is 5.95. The van der Waals surface area contributed by atoms with Crippen LogP contribution in [0.25, 0.3) is 0 Å². The maximum absolute atomic E-state index is 11.8. The molecule has 0 aliphatic heterocycles. The van der Waals surface area contributed by atoms with Gasteiger partial charge in [-0.3, -0.25) is 9.79 Å². The van der Waals surface area contributed by atoms with Gasteiger partial charge in [0.25, 0.3) is 0 Å². The minimum Gasteiger partial charge on any atom is -0.356 e. The molecule has 0 unspecified atom stereocenters. The van der Waals surface area contributed by atoms with Crippen LogP contribution in [-0.2, 0) is 4.79 Å². The largest absolute Gasteiger partial charge is 0.356 e. The lowest BCUT2D eigenvalue weighted by Crippen LogP contribution is -2.41. The predicted octanol–water partition coefficient (Wildman–Crippen LogP) is 1.18. The summed E-state index contributed by atoms with van der Waals surface area (Å²) in [4.78, 5) is 15.8. The standard InChI is InChI=1S/C15H20N4O/c1-4-9-17-15(16-3)18-11-14(20)19-13-8-6-7-12(5-2)10-13/h2,6-8,10H,4,9,11H2,1,3H3,(H,19,20)(H2,16,17,18). The van der Waals surface area contributed by atoms with Crippen LogP contribution >= 0.6 is 0 Å². The molecule has 1 rings (SSSR count). The summed E-state index contributed by atoms with van der Waals surface area (Å²) in [6, 6.07) is 7.16. The average Bonchev–Trinajstić information content (AvgIpc) is 2.47. The topological polar surface area (TPSA) is 65.5 Å². The Morgan fingerprint density at radius 2 is 2.20 bits per heavy atom. The second-order valence-electron chi connectivity index (χ2n) is 4.13. The molecule has 0 fully saturated rings. The summed E-state index contributed by atoms with van der Waals surface area (Å²) in [5.41, 5.74) is 1.42. The molecule has 20 heavy (non-hydrogen) atoms. The summed E-state index contributed by atoms with van der Waals surface area (Å²) >= 11 is 0. The molecule has 5 heteroatoms. The van der Waals surface area contributed by atoms with Crippen molar-refractivity contribution in [1.82, 2.24) is 10.6 Å². The van der Waals surface area contributed by atoms with E-state index in [9.17, 15) is 4.79 Å². The van der Waals surface area contributed by atoms with Crippen LogP contribution in [-0.4, -0.2) is 32.0 Å². The van der Waals surface area contributed by atoms with Crippen LogP contribution in [0.15, 0.2) is 29.3 Å². The number of benzene rings is 1. The Labute approximate surface area is 119 Å². The lowest BCUT2D eigenvalue weighted by atomic mass is 10.2. The number of guanidine groups is 1. The third-order valence-electron chi connectivity index (χ3n) is 2.50. The minimum absolute atomic E-state index is 0.143. The van der Waals surface area contributed by atoms with Crippen LogP contribution in [0.2, 0.25) is 0 Å². The molecule has 1 amide bonds. The molecule has 0 radical (unpaired) electrons. The van der Waals surface area contributed by atoms with Gasteiger partial charge in [0.05, 0.1) is 6.54 Å². The average molecular weight is 272 g/mol. The van der Waals surface area contributed by atoms with Gasteiger partial charge in [0, 0.05) is 24.8 Å². The van der Waals surface area contributed by atoms with Crippen LogP contribution in [0.1, 0.15) is 18.9 Å². The monoisotopic (exact) mass is 272 g/mol. The van der Waals surface area contributed by atoms with E-state index in [-0.39, 0.29) is 12.5 Å². The highest BCUT2D eigenvalue weighted by Crippen LogP contribution is 2.09. The van der Waals surface area contributed by atoms with Gasteiger partial charge in [-0.25, -0.2) is 0 Å². The number of nitrogens with one attached hydrogen (secondary N) is 3. The molecule has 0 heterocycles. The molecule has 5 nitrogen and oxygen atoms in total. The summed E-state index contributed by atoms with van der Waals surface area (Å²) in [5.74, 6) is 2.98. The van der Waals surface area contributed by atoms with Crippen molar-refractivity contribution in [2.24, 2.45) is 4.99 Å². The van der Waals surface area contributed by atoms with Crippen LogP contribution in [0.3, 0.4) is 0 Å². The summed E-state index contributed by atoms with van der Waals surface area (Å²) in [5, 5.41) is 8.80. The van der Waals surface area contributed by atoms with E-state index in [1.165, 1.54) is 0 Å². The number of terminal acetylenes is 1. The quantitative estimate of drug-likeness (QED) is 0.428. The Kier molecular flexibility index (Phi) is 6.69. The molecule has 0 saturated heterocycles. The normalized spacial score (nSPS) is 10.6. The predicted molar refractivity (Wildman–Crippen MR) is 82.7 cm³/mol. The molecule has 3 N–H and O–H groups in total. The van der Waals surface area contributed by atoms with Crippen LogP contribution in [0.4, 0.5) is 5.69 Å². The fraction of sp³-hybridized carbons (Fsp3) is 0.333. The Morgan fingerprint density at radius 1 is 1.40 bits per heavy atom. The number of anilines is 1. The summed E-state index contributed by atoms with van der Waals surface area (Å²) < 4.78 is 0. The second kappa shape index (κ2) is 8.59. The van der Waals surface area contributed by atoms with Gasteiger partial charge in [0.2, 0.25) is 5.91 Å². The van der Waals surface area contributed by atoms with E-state index < -0.39 is 0 Å². The van der Waals surface area contributed by atoms with E-state index in [0.29, 0.717) is 11.6 Å². The molecule has 0 saturated carbocycles. The van der Waals surface area contributed by atoms with Crippen molar-refractivity contribution < 1.29 is 4.79 Å². The van der Waals surface area contributed by atoms with Crippen molar-refractivity contribution in [3.63, 3.8) is 0 Å². The number of carbonyl (C=O) groups excluding carboxylic acids is 1. The van der Waals surface area contributed by atoms with Gasteiger partial charge in [0.1, 0.15) is 0 Å². The molecule has 0 spiro atoms. The van der Waals surface area contributed by atoms with Gasteiger partial charge < -0.3 is 16.0 Å². The molecule has 1 aromatic carbocycles. The fourth-order valence-corrected chi connectivity index (χ4v) is 1.52. The molecule has 0 aliphatic rings. The maximum Gasteiger partial charge on any atom is 0.243 e. The van der Waals surface area contributed by atoms with E-state index in [1.54, 1.807) is 25.2 Å². The molecule has 0 aliphatic carbocycles. The zero-order valence-electron chi connectivity index (χ0n) is 11.9. The molecular weight excluding hydrogens is 252 g/mol. The van der Waals surface area contributed by atoms with Crippen molar-refractivity contribution in [2.75, 3.05) is 25.5 Å². The minimum atomic E-state index is -0.154. The number of aliphatic imine (C=N–C) groups is 1. The zero-order chi connectivity index (χ0) is 14.8. The first-order chi connectivity index (χ1) is 9.69. The van der Waals surface area contributed by atoms with E-state index in [2.05, 4.69) is 33.8 Å². The first-order valence-corrected chi connectivity index (χ1v) is 6.50. The van der Waals surface area contributed by atoms with Crippen LogP contribution in [0, 0.1) is 12.3 Å². The Bertz CT molecular complexity index is 517. The Morgan fingerprint density at radius 3 is 2.85 bits per heavy atom. The Balaban J connectivity index is 2.45. The van der Waals surface area contributed by atoms with Crippen molar-refractivity contribution >= 4 is 17.6 Å². The van der Waals surface area contributed by atoms with E-state index in [0.717, 1.165) is 18.5 Å². The molecule has 0 bridgehead atoms. The van der Waals surface area contributed by atoms with Gasteiger partial charge in [-0.1, -0.05) is 18.9 Å². The van der Waals surface area contributed by atoms with E-state index in [1.807, 2.05) is 6.07 Å². The highest BCUT2D eigenvalue weighted by atomic mass is 16.1. The number of carbonyl (C=O) groups is 1. The smallest absolute Gasteiger partial charge is 0.243 e. The van der Waals surface area contributed by atoms with Gasteiger partial charge in [-0.05, 0) is 24.6 Å². The first-order valence-electron chi connectivity index (χ1n) is 6.50. The third-order valence-corrected chi connectivity index (χ3v) is 2.50. The van der Waals surface area contributed by atoms with E-state index >= 15 is 0 Å². The van der Waals surface area contributed by atoms with Crippen molar-refractivity contribution in [3.8, 4) is 12.3 Å². The lowest BCUT2D eigenvalue weighted by molar-refractivity contribution is -0.115. The van der Waals surface area contributed by atoms with E-state index in [4.69, 9.17) is 6.42 Å². The van der Waals surface area contributed by atoms with Crippen LogP contribution in [0.5, 0.6) is 0 Å². The number of rotatable bonds is 5. The van der Waals surface area contributed by atoms with Crippen molar-refractivity contribution in [3.05, 3.63) is 29.8 Å². The molecule has 106 valence electrons. The number of amides is 1. The second-order valence-corrected chi connectivity index (χ2v) is 4.13. The third kappa shape index (κ3) is 5.44. The molecular formula is C15H20N4O. The maximum atomic E-state index is 11.8. The van der Waals surface area contributed by atoms with Gasteiger partial charge in [-0.2, -0.15) is 0 Å². The van der Waals surface area contributed by atoms with Crippen molar-refractivity contribution in [2.45, 2.75) is 13.3 Å². The fourth-order valence-electron chi connectivity index (χ4n) is 1.52. The number of hydrogen-bond acceptors (Lipinski definition) is 2. The first kappa shape index (κ1) is 15.6. The summed E-state index contributed by atoms with van der Waals surface area (Å²) in [6.45, 7) is 3.01. The van der Waals surface area contributed by atoms with Gasteiger partial charge in [0.15, 0.2) is 5.96 Å².